The molecular weight excluding hydrogens is 188 g/mol. The Morgan fingerprint density at radius 2 is 1.08 bits per heavy atom. The minimum atomic E-state index is -4.67. The highest BCUT2D eigenvalue weighted by atomic mass is 32.3. The van der Waals surface area contributed by atoms with Gasteiger partial charge in [-0.15, -0.1) is 0 Å². The molecule has 0 saturated heterocycles. The molecule has 0 atom stereocenters. The van der Waals surface area contributed by atoms with Gasteiger partial charge in [0.25, 0.3) is 0 Å². The molecule has 0 heterocycles. The van der Waals surface area contributed by atoms with Crippen molar-refractivity contribution in [2.75, 3.05) is 13.2 Å². The lowest BCUT2D eigenvalue weighted by Crippen LogP contribution is -1.89. The fourth-order valence-electron chi connectivity index (χ4n) is 0.400. The summed E-state index contributed by atoms with van der Waals surface area (Å²) in [5.74, 6) is 0. The van der Waals surface area contributed by atoms with Crippen molar-refractivity contribution in [1.82, 2.24) is 0 Å². The maximum Gasteiger partial charge on any atom is 0.394 e. The Kier molecular flexibility index (Phi) is 10.6. The van der Waals surface area contributed by atoms with Crippen LogP contribution in [0, 0.1) is 0 Å². The van der Waals surface area contributed by atoms with Crippen LogP contribution in [0.1, 0.15) is 19.3 Å². The molecule has 0 aromatic carbocycles. The normalized spacial score (nSPS) is 10.3. The second-order valence-electron chi connectivity index (χ2n) is 1.96. The second kappa shape index (κ2) is 8.88. The maximum absolute atomic E-state index is 8.74. The van der Waals surface area contributed by atoms with E-state index < -0.39 is 10.4 Å². The lowest BCUT2D eigenvalue weighted by Gasteiger charge is -1.90. The van der Waals surface area contributed by atoms with Gasteiger partial charge in [0.1, 0.15) is 0 Å². The molecule has 0 saturated carbocycles. The van der Waals surface area contributed by atoms with Crippen LogP contribution in [-0.4, -0.2) is 41.0 Å². The van der Waals surface area contributed by atoms with Crippen LogP contribution in [0.3, 0.4) is 0 Å². The average Bonchev–Trinajstić information content (AvgIpc) is 1.85. The van der Waals surface area contributed by atoms with E-state index in [0.717, 1.165) is 19.3 Å². The van der Waals surface area contributed by atoms with Gasteiger partial charge in [0.05, 0.1) is 0 Å². The van der Waals surface area contributed by atoms with Crippen molar-refractivity contribution in [3.05, 3.63) is 0 Å². The summed E-state index contributed by atoms with van der Waals surface area (Å²) in [6.07, 6.45) is 2.58. The summed E-state index contributed by atoms with van der Waals surface area (Å²) in [5, 5.41) is 16.4. The number of hydrogen-bond donors (Lipinski definition) is 4. The van der Waals surface area contributed by atoms with Gasteiger partial charge in [-0.3, -0.25) is 9.11 Å². The highest BCUT2D eigenvalue weighted by molar-refractivity contribution is 7.79. The third-order valence-corrected chi connectivity index (χ3v) is 0.816. The molecule has 0 aliphatic rings. The molecular formula is C5H14O6S. The van der Waals surface area contributed by atoms with Crippen LogP contribution in [0.4, 0.5) is 0 Å². The van der Waals surface area contributed by atoms with E-state index in [1.165, 1.54) is 0 Å². The minimum Gasteiger partial charge on any atom is -0.396 e. The van der Waals surface area contributed by atoms with Gasteiger partial charge in [0.15, 0.2) is 0 Å². The lowest BCUT2D eigenvalue weighted by atomic mass is 10.2. The topological polar surface area (TPSA) is 115 Å². The number of rotatable bonds is 4. The van der Waals surface area contributed by atoms with Gasteiger partial charge >= 0.3 is 10.4 Å². The Bertz CT molecular complexity index is 151. The van der Waals surface area contributed by atoms with Crippen LogP contribution >= 0.6 is 0 Å². The third kappa shape index (κ3) is 52.7. The predicted molar refractivity (Wildman–Crippen MR) is 42.2 cm³/mol. The zero-order valence-electron chi connectivity index (χ0n) is 6.55. The van der Waals surface area contributed by atoms with Crippen molar-refractivity contribution in [3.63, 3.8) is 0 Å². The fourth-order valence-corrected chi connectivity index (χ4v) is 0.400. The van der Waals surface area contributed by atoms with E-state index in [-0.39, 0.29) is 13.2 Å². The molecule has 0 fully saturated rings. The first kappa shape index (κ1) is 14.3. The zero-order chi connectivity index (χ0) is 10.0. The number of hydrogen-bond acceptors (Lipinski definition) is 4. The van der Waals surface area contributed by atoms with E-state index in [2.05, 4.69) is 0 Å². The van der Waals surface area contributed by atoms with Gasteiger partial charge in [-0.2, -0.15) is 8.42 Å². The van der Waals surface area contributed by atoms with Gasteiger partial charge in [-0.05, 0) is 19.3 Å². The molecule has 7 heteroatoms. The Hall–Kier alpha value is -0.210. The summed E-state index contributed by atoms with van der Waals surface area (Å²) in [5.41, 5.74) is 0. The summed E-state index contributed by atoms with van der Waals surface area (Å²) in [6.45, 7) is 0.500. The van der Waals surface area contributed by atoms with Gasteiger partial charge in [-0.1, -0.05) is 0 Å². The average molecular weight is 202 g/mol. The standard InChI is InChI=1S/C5H12O2.H2O4S/c6-4-2-1-3-5-7;1-5(2,3)4/h6-7H,1-5H2;(H2,1,2,3,4). The van der Waals surface area contributed by atoms with E-state index in [9.17, 15) is 0 Å². The van der Waals surface area contributed by atoms with E-state index in [1.807, 2.05) is 0 Å². The minimum absolute atomic E-state index is 0.250. The van der Waals surface area contributed by atoms with Crippen LogP contribution in [-0.2, 0) is 10.4 Å². The molecule has 12 heavy (non-hydrogen) atoms. The first-order valence-electron chi connectivity index (χ1n) is 3.33. The summed E-state index contributed by atoms with van der Waals surface area (Å²) >= 11 is 0. The predicted octanol–water partition coefficient (Wildman–Crippen LogP) is -0.512. The Labute approximate surface area is 71.4 Å². The molecule has 4 N–H and O–H groups in total. The first-order chi connectivity index (χ1) is 5.41. The van der Waals surface area contributed by atoms with Crippen molar-refractivity contribution in [2.45, 2.75) is 19.3 Å². The monoisotopic (exact) mass is 202 g/mol. The summed E-state index contributed by atoms with van der Waals surface area (Å²) in [6, 6.07) is 0. The Morgan fingerprint density at radius 3 is 1.25 bits per heavy atom. The van der Waals surface area contributed by atoms with Crippen LogP contribution in [0.5, 0.6) is 0 Å². The summed E-state index contributed by atoms with van der Waals surface area (Å²) in [4.78, 5) is 0. The van der Waals surface area contributed by atoms with Gasteiger partial charge in [0.2, 0.25) is 0 Å². The Morgan fingerprint density at radius 1 is 0.833 bits per heavy atom. The van der Waals surface area contributed by atoms with Crippen LogP contribution < -0.4 is 0 Å². The summed E-state index contributed by atoms with van der Waals surface area (Å²) < 4.78 is 31.6. The molecule has 0 aliphatic heterocycles. The summed E-state index contributed by atoms with van der Waals surface area (Å²) in [7, 11) is -4.67. The van der Waals surface area contributed by atoms with E-state index >= 15 is 0 Å². The molecule has 0 radical (unpaired) electrons. The van der Waals surface area contributed by atoms with Gasteiger partial charge < -0.3 is 10.2 Å². The molecule has 0 aromatic heterocycles. The largest absolute Gasteiger partial charge is 0.396 e. The fraction of sp³-hybridized carbons (Fsp3) is 1.00. The second-order valence-corrected chi connectivity index (χ2v) is 2.85. The molecule has 0 spiro atoms. The lowest BCUT2D eigenvalue weighted by molar-refractivity contribution is 0.257. The van der Waals surface area contributed by atoms with Crippen molar-refractivity contribution in [3.8, 4) is 0 Å². The van der Waals surface area contributed by atoms with Crippen LogP contribution in [0.25, 0.3) is 0 Å². The zero-order valence-corrected chi connectivity index (χ0v) is 7.37. The van der Waals surface area contributed by atoms with Crippen LogP contribution in [0.15, 0.2) is 0 Å². The quantitative estimate of drug-likeness (QED) is 0.360. The molecule has 0 bridgehead atoms. The molecule has 76 valence electrons. The molecule has 6 nitrogen and oxygen atoms in total. The smallest absolute Gasteiger partial charge is 0.394 e. The molecule has 0 aliphatic carbocycles. The van der Waals surface area contributed by atoms with Crippen LogP contribution in [0.2, 0.25) is 0 Å². The van der Waals surface area contributed by atoms with E-state index in [0.29, 0.717) is 0 Å². The third-order valence-electron chi connectivity index (χ3n) is 0.816. The number of aliphatic hydroxyl groups excluding tert-OH is 2. The molecule has 0 aromatic rings. The van der Waals surface area contributed by atoms with Crippen molar-refractivity contribution >= 4 is 10.4 Å². The highest BCUT2D eigenvalue weighted by Gasteiger charge is 1.84. The van der Waals surface area contributed by atoms with E-state index in [4.69, 9.17) is 27.7 Å². The molecule has 0 amide bonds. The number of unbranched alkanes of at least 4 members (excludes halogenated alkanes) is 2. The SMILES string of the molecule is O=S(=O)(O)O.OCCCCCO. The van der Waals surface area contributed by atoms with Crippen molar-refractivity contribution < 1.29 is 27.7 Å². The molecule has 0 rings (SSSR count). The number of aliphatic hydroxyl groups is 2. The first-order valence-corrected chi connectivity index (χ1v) is 4.73. The van der Waals surface area contributed by atoms with Crippen molar-refractivity contribution in [1.29, 1.82) is 0 Å². The van der Waals surface area contributed by atoms with Gasteiger partial charge in [-0.25, -0.2) is 0 Å². The maximum atomic E-state index is 8.74. The van der Waals surface area contributed by atoms with Gasteiger partial charge in [0, 0.05) is 13.2 Å². The highest BCUT2D eigenvalue weighted by Crippen LogP contribution is 1.90. The Balaban J connectivity index is 0. The molecule has 0 unspecified atom stereocenters. The van der Waals surface area contributed by atoms with Crippen molar-refractivity contribution in [2.24, 2.45) is 0 Å². The van der Waals surface area contributed by atoms with E-state index in [1.54, 1.807) is 0 Å².